The van der Waals surface area contributed by atoms with Crippen LogP contribution in [0.3, 0.4) is 0 Å². The Hall–Kier alpha value is -2.52. The number of esters is 2. The predicted molar refractivity (Wildman–Crippen MR) is 98.0 cm³/mol. The summed E-state index contributed by atoms with van der Waals surface area (Å²) in [6, 6.07) is 5.75. The van der Waals surface area contributed by atoms with Gasteiger partial charge in [0.25, 0.3) is 0 Å². The molecule has 1 heterocycles. The van der Waals surface area contributed by atoms with E-state index in [2.05, 4.69) is 10.6 Å². The number of benzene rings is 1. The predicted octanol–water partition coefficient (Wildman–Crippen LogP) is 3.58. The molecule has 0 aliphatic carbocycles. The van der Waals surface area contributed by atoms with Crippen LogP contribution in [-0.2, 0) is 9.47 Å². The van der Waals surface area contributed by atoms with Gasteiger partial charge in [0.2, 0.25) is 0 Å². The van der Waals surface area contributed by atoms with E-state index >= 15 is 0 Å². The number of carbonyl (C=O) groups excluding carboxylic acids is 2. The van der Waals surface area contributed by atoms with Gasteiger partial charge in [-0.15, -0.1) is 11.3 Å². The molecule has 2 N–H and O–H groups in total. The summed E-state index contributed by atoms with van der Waals surface area (Å²) in [7, 11) is 2.49. The van der Waals surface area contributed by atoms with Crippen molar-refractivity contribution >= 4 is 51.3 Å². The number of halogens is 1. The average molecular weight is 382 g/mol. The standard InChI is InChI=1S/C16H15FN2O4S2/c1-8-11(14(20)22-2)13(25-12(8)15(21)23-3)19-16(24)18-10-6-4-5-9(17)7-10/h4-7H,1-3H3,(H2,18,19,24). The maximum absolute atomic E-state index is 13.2. The molecule has 0 bridgehead atoms. The highest BCUT2D eigenvalue weighted by atomic mass is 32.1. The minimum Gasteiger partial charge on any atom is -0.465 e. The average Bonchev–Trinajstić information content (AvgIpc) is 2.89. The van der Waals surface area contributed by atoms with Crippen molar-refractivity contribution in [2.24, 2.45) is 0 Å². The van der Waals surface area contributed by atoms with Crippen LogP contribution in [0.2, 0.25) is 0 Å². The van der Waals surface area contributed by atoms with Gasteiger partial charge < -0.3 is 20.1 Å². The van der Waals surface area contributed by atoms with Crippen LogP contribution >= 0.6 is 23.6 Å². The van der Waals surface area contributed by atoms with Crippen molar-refractivity contribution in [3.8, 4) is 0 Å². The summed E-state index contributed by atoms with van der Waals surface area (Å²) in [6.45, 7) is 1.61. The minimum atomic E-state index is -0.611. The van der Waals surface area contributed by atoms with E-state index in [0.29, 0.717) is 16.3 Å². The first kappa shape index (κ1) is 18.8. The molecule has 0 saturated heterocycles. The number of anilines is 2. The fourth-order valence-electron chi connectivity index (χ4n) is 2.07. The molecule has 2 rings (SSSR count). The number of ether oxygens (including phenoxy) is 2. The molecule has 0 radical (unpaired) electrons. The molecule has 0 atom stereocenters. The lowest BCUT2D eigenvalue weighted by Gasteiger charge is -2.10. The summed E-state index contributed by atoms with van der Waals surface area (Å²) in [6.07, 6.45) is 0. The van der Waals surface area contributed by atoms with Crippen LogP contribution in [-0.4, -0.2) is 31.3 Å². The highest BCUT2D eigenvalue weighted by molar-refractivity contribution is 7.80. The zero-order chi connectivity index (χ0) is 18.6. The van der Waals surface area contributed by atoms with E-state index in [1.54, 1.807) is 13.0 Å². The molecule has 0 amide bonds. The maximum Gasteiger partial charge on any atom is 0.348 e. The molecule has 1 aromatic carbocycles. The van der Waals surface area contributed by atoms with Crippen molar-refractivity contribution in [1.29, 1.82) is 0 Å². The fraction of sp³-hybridized carbons (Fsp3) is 0.188. The van der Waals surface area contributed by atoms with Gasteiger partial charge in [0.15, 0.2) is 5.11 Å². The van der Waals surface area contributed by atoms with E-state index in [1.165, 1.54) is 32.4 Å². The van der Waals surface area contributed by atoms with Crippen molar-refractivity contribution in [2.75, 3.05) is 24.9 Å². The topological polar surface area (TPSA) is 76.7 Å². The van der Waals surface area contributed by atoms with Gasteiger partial charge in [0.05, 0.1) is 19.8 Å². The third kappa shape index (κ3) is 4.31. The van der Waals surface area contributed by atoms with E-state index in [-0.39, 0.29) is 15.6 Å². The van der Waals surface area contributed by atoms with Crippen molar-refractivity contribution in [2.45, 2.75) is 6.92 Å². The second-order valence-corrected chi connectivity index (χ2v) is 6.26. The van der Waals surface area contributed by atoms with Gasteiger partial charge in [-0.1, -0.05) is 6.07 Å². The molecular weight excluding hydrogens is 367 g/mol. The van der Waals surface area contributed by atoms with Crippen molar-refractivity contribution in [3.05, 3.63) is 46.1 Å². The van der Waals surface area contributed by atoms with Crippen molar-refractivity contribution in [3.63, 3.8) is 0 Å². The molecule has 1 aromatic heterocycles. The highest BCUT2D eigenvalue weighted by Crippen LogP contribution is 2.34. The van der Waals surface area contributed by atoms with Gasteiger partial charge in [-0.25, -0.2) is 14.0 Å². The molecule has 0 saturated carbocycles. The summed E-state index contributed by atoms with van der Waals surface area (Å²) < 4.78 is 22.7. The van der Waals surface area contributed by atoms with Crippen LogP contribution < -0.4 is 10.6 Å². The zero-order valence-corrected chi connectivity index (χ0v) is 15.3. The van der Waals surface area contributed by atoms with Gasteiger partial charge >= 0.3 is 11.9 Å². The summed E-state index contributed by atoms with van der Waals surface area (Å²) in [4.78, 5) is 24.1. The van der Waals surface area contributed by atoms with Gasteiger partial charge in [0, 0.05) is 5.69 Å². The van der Waals surface area contributed by atoms with Crippen LogP contribution in [0, 0.1) is 12.7 Å². The molecule has 9 heteroatoms. The number of thiophene rings is 1. The first-order chi connectivity index (χ1) is 11.9. The quantitative estimate of drug-likeness (QED) is 0.618. The van der Waals surface area contributed by atoms with Crippen molar-refractivity contribution < 1.29 is 23.5 Å². The summed E-state index contributed by atoms with van der Waals surface area (Å²) in [5.74, 6) is -1.59. The van der Waals surface area contributed by atoms with Crippen LogP contribution in [0.25, 0.3) is 0 Å². The second-order valence-electron chi connectivity index (χ2n) is 4.83. The summed E-state index contributed by atoms with van der Waals surface area (Å²) >= 11 is 6.20. The third-order valence-corrected chi connectivity index (χ3v) is 4.61. The molecule has 25 heavy (non-hydrogen) atoms. The lowest BCUT2D eigenvalue weighted by molar-refractivity contribution is 0.0601. The smallest absolute Gasteiger partial charge is 0.348 e. The number of methoxy groups -OCH3 is 2. The Labute approximate surface area is 152 Å². The number of carbonyl (C=O) groups is 2. The van der Waals surface area contributed by atoms with E-state index in [1.807, 2.05) is 0 Å². The molecular formula is C16H15FN2O4S2. The highest BCUT2D eigenvalue weighted by Gasteiger charge is 2.26. The van der Waals surface area contributed by atoms with Crippen molar-refractivity contribution in [1.82, 2.24) is 0 Å². The fourth-order valence-corrected chi connectivity index (χ4v) is 3.47. The molecule has 2 aromatic rings. The van der Waals surface area contributed by atoms with Gasteiger partial charge in [0.1, 0.15) is 15.7 Å². The number of rotatable bonds is 4. The number of hydrogen-bond donors (Lipinski definition) is 2. The van der Waals surface area contributed by atoms with Crippen LogP contribution in [0.1, 0.15) is 25.6 Å². The Morgan fingerprint density at radius 1 is 1.16 bits per heavy atom. The monoisotopic (exact) mass is 382 g/mol. The second kappa shape index (κ2) is 8.04. The Kier molecular flexibility index (Phi) is 6.05. The summed E-state index contributed by atoms with van der Waals surface area (Å²) in [5, 5.41) is 6.11. The Bertz CT molecular complexity index is 836. The zero-order valence-electron chi connectivity index (χ0n) is 13.6. The Morgan fingerprint density at radius 2 is 1.84 bits per heavy atom. The van der Waals surface area contributed by atoms with E-state index in [4.69, 9.17) is 21.7 Å². The Morgan fingerprint density at radius 3 is 2.44 bits per heavy atom. The maximum atomic E-state index is 13.2. The van der Waals surface area contributed by atoms with Gasteiger partial charge in [-0.05, 0) is 42.9 Å². The molecule has 0 aliphatic rings. The largest absolute Gasteiger partial charge is 0.465 e. The first-order valence-corrected chi connectivity index (χ1v) is 8.23. The van der Waals surface area contributed by atoms with Gasteiger partial charge in [-0.2, -0.15) is 0 Å². The molecule has 0 aliphatic heterocycles. The van der Waals surface area contributed by atoms with Crippen LogP contribution in [0.5, 0.6) is 0 Å². The molecule has 132 valence electrons. The molecule has 0 fully saturated rings. The van der Waals surface area contributed by atoms with E-state index < -0.39 is 17.8 Å². The lowest BCUT2D eigenvalue weighted by atomic mass is 10.1. The Balaban J connectivity index is 2.29. The molecule has 0 spiro atoms. The number of nitrogens with one attached hydrogen (secondary N) is 2. The number of hydrogen-bond acceptors (Lipinski definition) is 6. The first-order valence-electron chi connectivity index (χ1n) is 7.01. The third-order valence-electron chi connectivity index (χ3n) is 3.22. The molecule has 6 nitrogen and oxygen atoms in total. The SMILES string of the molecule is COC(=O)c1sc(NC(=S)Nc2cccc(F)c2)c(C(=O)OC)c1C. The minimum absolute atomic E-state index is 0.133. The molecule has 0 unspecified atom stereocenters. The van der Waals surface area contributed by atoms with Crippen LogP contribution in [0.4, 0.5) is 15.1 Å². The lowest BCUT2D eigenvalue weighted by Crippen LogP contribution is -2.20. The van der Waals surface area contributed by atoms with Crippen LogP contribution in [0.15, 0.2) is 24.3 Å². The van der Waals surface area contributed by atoms with Gasteiger partial charge in [-0.3, -0.25) is 0 Å². The van der Waals surface area contributed by atoms with E-state index in [0.717, 1.165) is 11.3 Å². The van der Waals surface area contributed by atoms with E-state index in [9.17, 15) is 14.0 Å². The summed E-state index contributed by atoms with van der Waals surface area (Å²) in [5.41, 5.74) is 1.06. The normalized spacial score (nSPS) is 10.1. The number of thiocarbonyl (C=S) groups is 1.